The van der Waals surface area contributed by atoms with Crippen molar-refractivity contribution in [2.45, 2.75) is 13.3 Å². The predicted octanol–water partition coefficient (Wildman–Crippen LogP) is 4.17. The normalized spacial score (nSPS) is 10.2. The molecule has 3 nitrogen and oxygen atoms in total. The number of benzene rings is 2. The second-order valence-corrected chi connectivity index (χ2v) is 4.95. The summed E-state index contributed by atoms with van der Waals surface area (Å²) in [6, 6.07) is 12.4. The van der Waals surface area contributed by atoms with Gasteiger partial charge >= 0.3 is 0 Å². The summed E-state index contributed by atoms with van der Waals surface area (Å²) in [5, 5.41) is 0.588. The summed E-state index contributed by atoms with van der Waals surface area (Å²) in [5.74, 6) is 1.44. The highest BCUT2D eigenvalue weighted by molar-refractivity contribution is 6.30. The number of hydrogen-bond donors (Lipinski definition) is 0. The maximum absolute atomic E-state index is 12.3. The van der Waals surface area contributed by atoms with Gasteiger partial charge in [0.15, 0.2) is 5.78 Å². The molecule has 0 heterocycles. The topological polar surface area (TPSA) is 35.5 Å². The molecule has 0 aromatic heterocycles. The molecule has 21 heavy (non-hydrogen) atoms. The number of halogens is 1. The van der Waals surface area contributed by atoms with Crippen LogP contribution < -0.4 is 9.47 Å². The summed E-state index contributed by atoms with van der Waals surface area (Å²) >= 11 is 5.98. The van der Waals surface area contributed by atoms with Crippen LogP contribution >= 0.6 is 11.6 Å². The molecular weight excluding hydrogens is 288 g/mol. The zero-order valence-corrected chi connectivity index (χ0v) is 12.8. The van der Waals surface area contributed by atoms with Gasteiger partial charge in [0.2, 0.25) is 0 Å². The van der Waals surface area contributed by atoms with E-state index in [1.165, 1.54) is 0 Å². The lowest BCUT2D eigenvalue weighted by Crippen LogP contribution is -2.05. The Labute approximate surface area is 129 Å². The molecule has 2 rings (SSSR count). The lowest BCUT2D eigenvalue weighted by molar-refractivity contribution is 0.0992. The fourth-order valence-corrected chi connectivity index (χ4v) is 2.26. The number of ether oxygens (including phenoxy) is 2. The molecule has 0 aliphatic carbocycles. The highest BCUT2D eigenvalue weighted by Crippen LogP contribution is 2.24. The molecule has 0 saturated heterocycles. The van der Waals surface area contributed by atoms with Gasteiger partial charge in [-0.15, -0.1) is 0 Å². The second kappa shape index (κ2) is 7.14. The van der Waals surface area contributed by atoms with E-state index in [0.29, 0.717) is 22.9 Å². The van der Waals surface area contributed by atoms with Crippen LogP contribution in [0.5, 0.6) is 11.5 Å². The summed E-state index contributed by atoms with van der Waals surface area (Å²) in [7, 11) is 1.58. The van der Waals surface area contributed by atoms with Crippen molar-refractivity contribution in [2.75, 3.05) is 13.7 Å². The number of carbonyl (C=O) groups excluding carboxylic acids is 1. The molecule has 0 N–H and O–H groups in total. The van der Waals surface area contributed by atoms with Crippen molar-refractivity contribution in [3.63, 3.8) is 0 Å². The van der Waals surface area contributed by atoms with E-state index in [0.717, 1.165) is 11.3 Å². The summed E-state index contributed by atoms with van der Waals surface area (Å²) in [4.78, 5) is 12.3. The minimum Gasteiger partial charge on any atom is -0.496 e. The first kappa shape index (κ1) is 15.4. The van der Waals surface area contributed by atoms with Crippen molar-refractivity contribution in [2.24, 2.45) is 0 Å². The van der Waals surface area contributed by atoms with E-state index >= 15 is 0 Å². The third-order valence-electron chi connectivity index (χ3n) is 3.08. The molecule has 0 radical (unpaired) electrons. The van der Waals surface area contributed by atoms with Crippen molar-refractivity contribution in [1.82, 2.24) is 0 Å². The Morgan fingerprint density at radius 2 is 1.86 bits per heavy atom. The van der Waals surface area contributed by atoms with Gasteiger partial charge < -0.3 is 9.47 Å². The van der Waals surface area contributed by atoms with Crippen LogP contribution in [0, 0.1) is 0 Å². The van der Waals surface area contributed by atoms with Gasteiger partial charge in [0.25, 0.3) is 0 Å². The predicted molar refractivity (Wildman–Crippen MR) is 83.6 cm³/mol. The van der Waals surface area contributed by atoms with E-state index in [2.05, 4.69) is 0 Å². The molecular formula is C17H17ClO3. The van der Waals surface area contributed by atoms with Crippen molar-refractivity contribution in [3.05, 3.63) is 58.6 Å². The molecule has 2 aromatic rings. The van der Waals surface area contributed by atoms with Crippen LogP contribution in [-0.4, -0.2) is 19.5 Å². The van der Waals surface area contributed by atoms with Crippen LogP contribution in [0.4, 0.5) is 0 Å². The average molecular weight is 305 g/mol. The first-order chi connectivity index (χ1) is 10.1. The van der Waals surface area contributed by atoms with Crippen LogP contribution in [-0.2, 0) is 6.42 Å². The zero-order chi connectivity index (χ0) is 15.2. The van der Waals surface area contributed by atoms with E-state index in [-0.39, 0.29) is 12.2 Å². The van der Waals surface area contributed by atoms with Crippen LogP contribution in [0.15, 0.2) is 42.5 Å². The Kier molecular flexibility index (Phi) is 5.23. The summed E-state index contributed by atoms with van der Waals surface area (Å²) < 4.78 is 10.6. The Morgan fingerprint density at radius 1 is 1.14 bits per heavy atom. The number of ketones is 1. The molecule has 110 valence electrons. The number of methoxy groups -OCH3 is 1. The van der Waals surface area contributed by atoms with E-state index in [1.54, 1.807) is 49.6 Å². The minimum absolute atomic E-state index is 0.0126. The Bertz CT molecular complexity index is 620. The van der Waals surface area contributed by atoms with Gasteiger partial charge in [-0.3, -0.25) is 4.79 Å². The van der Waals surface area contributed by atoms with E-state index in [1.807, 2.05) is 6.92 Å². The van der Waals surface area contributed by atoms with Crippen LogP contribution in [0.3, 0.4) is 0 Å². The Morgan fingerprint density at radius 3 is 2.48 bits per heavy atom. The molecule has 0 aliphatic rings. The molecule has 0 bridgehead atoms. The number of Topliss-reactive ketones (excluding diaryl/α,β-unsaturated/α-hetero) is 1. The van der Waals surface area contributed by atoms with Crippen molar-refractivity contribution < 1.29 is 14.3 Å². The maximum atomic E-state index is 12.3. The zero-order valence-electron chi connectivity index (χ0n) is 12.1. The molecule has 4 heteroatoms. The molecule has 0 fully saturated rings. The first-order valence-electron chi connectivity index (χ1n) is 6.72. The number of rotatable bonds is 6. The quantitative estimate of drug-likeness (QED) is 0.751. The highest BCUT2D eigenvalue weighted by atomic mass is 35.5. The molecule has 0 saturated carbocycles. The van der Waals surface area contributed by atoms with Gasteiger partial charge in [0.05, 0.1) is 13.7 Å². The molecule has 0 atom stereocenters. The third-order valence-corrected chi connectivity index (χ3v) is 3.32. The van der Waals surface area contributed by atoms with Gasteiger partial charge in [0.1, 0.15) is 11.5 Å². The molecule has 0 aliphatic heterocycles. The van der Waals surface area contributed by atoms with Gasteiger partial charge in [-0.1, -0.05) is 11.6 Å². The summed E-state index contributed by atoms with van der Waals surface area (Å²) in [6.07, 6.45) is 0.248. The van der Waals surface area contributed by atoms with Gasteiger partial charge in [-0.2, -0.15) is 0 Å². The molecule has 0 spiro atoms. The van der Waals surface area contributed by atoms with Crippen molar-refractivity contribution in [3.8, 4) is 11.5 Å². The lowest BCUT2D eigenvalue weighted by atomic mass is 10.0. The first-order valence-corrected chi connectivity index (χ1v) is 7.10. The second-order valence-electron chi connectivity index (χ2n) is 4.51. The van der Waals surface area contributed by atoms with E-state index in [4.69, 9.17) is 21.1 Å². The lowest BCUT2D eigenvalue weighted by Gasteiger charge is -2.09. The van der Waals surface area contributed by atoms with E-state index < -0.39 is 0 Å². The fourth-order valence-electron chi connectivity index (χ4n) is 2.06. The minimum atomic E-state index is 0.0126. The SMILES string of the molecule is CCOc1ccc(C(=O)Cc2cc(Cl)ccc2OC)cc1. The largest absolute Gasteiger partial charge is 0.496 e. The van der Waals surface area contributed by atoms with Gasteiger partial charge in [0, 0.05) is 22.6 Å². The van der Waals surface area contributed by atoms with Gasteiger partial charge in [-0.05, 0) is 49.4 Å². The monoisotopic (exact) mass is 304 g/mol. The van der Waals surface area contributed by atoms with Gasteiger partial charge in [-0.25, -0.2) is 0 Å². The molecule has 0 unspecified atom stereocenters. The fraction of sp³-hybridized carbons (Fsp3) is 0.235. The van der Waals surface area contributed by atoms with Crippen molar-refractivity contribution >= 4 is 17.4 Å². The standard InChI is InChI=1S/C17H17ClO3/c1-3-21-15-7-4-12(5-8-15)16(19)11-13-10-14(18)6-9-17(13)20-2/h4-10H,3,11H2,1-2H3. The molecule has 0 amide bonds. The Balaban J connectivity index is 2.15. The van der Waals surface area contributed by atoms with Crippen molar-refractivity contribution in [1.29, 1.82) is 0 Å². The van der Waals surface area contributed by atoms with Crippen LogP contribution in [0.25, 0.3) is 0 Å². The molecule has 2 aromatic carbocycles. The van der Waals surface area contributed by atoms with Crippen LogP contribution in [0.2, 0.25) is 5.02 Å². The summed E-state index contributed by atoms with van der Waals surface area (Å²) in [5.41, 5.74) is 1.42. The Hall–Kier alpha value is -2.00. The van der Waals surface area contributed by atoms with E-state index in [9.17, 15) is 4.79 Å². The third kappa shape index (κ3) is 3.99. The average Bonchev–Trinajstić information content (AvgIpc) is 2.48. The highest BCUT2D eigenvalue weighted by Gasteiger charge is 2.11. The maximum Gasteiger partial charge on any atom is 0.167 e. The van der Waals surface area contributed by atoms with Crippen LogP contribution in [0.1, 0.15) is 22.8 Å². The number of hydrogen-bond acceptors (Lipinski definition) is 3. The summed E-state index contributed by atoms with van der Waals surface area (Å²) in [6.45, 7) is 2.53. The number of carbonyl (C=O) groups is 1. The smallest absolute Gasteiger partial charge is 0.167 e.